The molecule has 0 spiro atoms. The van der Waals surface area contributed by atoms with Crippen LogP contribution in [0, 0.1) is 17.7 Å². The van der Waals surface area contributed by atoms with Gasteiger partial charge < -0.3 is 19.7 Å². The van der Waals surface area contributed by atoms with Gasteiger partial charge in [0.15, 0.2) is 0 Å². The van der Waals surface area contributed by atoms with Crippen LogP contribution in [0.2, 0.25) is 0 Å². The lowest BCUT2D eigenvalue weighted by molar-refractivity contribution is -0.125. The number of methoxy groups -OCH3 is 2. The summed E-state index contributed by atoms with van der Waals surface area (Å²) in [5.74, 6) is 0.554. The van der Waals surface area contributed by atoms with E-state index in [1.54, 1.807) is 25.2 Å². The molecule has 7 heteroatoms. The summed E-state index contributed by atoms with van der Waals surface area (Å²) in [4.78, 5) is 27.8. The first-order valence-electron chi connectivity index (χ1n) is 10.5. The van der Waals surface area contributed by atoms with E-state index in [0.717, 1.165) is 18.4 Å². The highest BCUT2D eigenvalue weighted by molar-refractivity contribution is 5.95. The average molecular weight is 426 g/mol. The van der Waals surface area contributed by atoms with Gasteiger partial charge in [0.25, 0.3) is 5.91 Å². The number of carbonyl (C=O) groups excluding carboxylic acids is 2. The predicted molar refractivity (Wildman–Crippen MR) is 114 cm³/mol. The number of nitrogens with zero attached hydrogens (tertiary/aromatic N) is 1. The molecule has 1 saturated heterocycles. The molecule has 2 aliphatic rings. The number of amides is 2. The smallest absolute Gasteiger partial charge is 0.253 e. The molecule has 1 heterocycles. The third-order valence-electron chi connectivity index (χ3n) is 6.13. The zero-order valence-corrected chi connectivity index (χ0v) is 17.8. The van der Waals surface area contributed by atoms with Crippen LogP contribution >= 0.6 is 0 Å². The van der Waals surface area contributed by atoms with Crippen LogP contribution in [0.15, 0.2) is 42.5 Å². The zero-order valence-electron chi connectivity index (χ0n) is 17.8. The molecule has 31 heavy (non-hydrogen) atoms. The Kier molecular flexibility index (Phi) is 6.11. The summed E-state index contributed by atoms with van der Waals surface area (Å²) in [6.45, 7) is 1.32. The van der Waals surface area contributed by atoms with Crippen molar-refractivity contribution in [3.05, 3.63) is 59.4 Å². The largest absolute Gasteiger partial charge is 0.497 e. The standard InChI is InChI=1S/C24H27FN2O4/c1-30-18-9-10-22(31-2)19(11-18)20-13-27(24(29)16-5-7-17(25)8-6-16)14-21(20)23(28)26-12-15-3-4-15/h5-11,15,20-21H,3-4,12-14H2,1-2H3,(H,26,28). The number of ether oxygens (including phenoxy) is 2. The summed E-state index contributed by atoms with van der Waals surface area (Å²) in [6, 6.07) is 11.0. The Hall–Kier alpha value is -3.09. The molecular formula is C24H27FN2O4. The van der Waals surface area contributed by atoms with Crippen molar-refractivity contribution in [3.8, 4) is 11.5 Å². The number of hydrogen-bond acceptors (Lipinski definition) is 4. The number of carbonyl (C=O) groups is 2. The Morgan fingerprint density at radius 2 is 1.81 bits per heavy atom. The van der Waals surface area contributed by atoms with Crippen molar-refractivity contribution in [2.45, 2.75) is 18.8 Å². The predicted octanol–water partition coefficient (Wildman–Crippen LogP) is 3.22. The summed E-state index contributed by atoms with van der Waals surface area (Å²) in [6.07, 6.45) is 2.29. The second-order valence-electron chi connectivity index (χ2n) is 8.23. The minimum absolute atomic E-state index is 0.0591. The number of nitrogens with one attached hydrogen (secondary N) is 1. The molecule has 0 aromatic heterocycles. The maximum absolute atomic E-state index is 13.3. The van der Waals surface area contributed by atoms with E-state index in [4.69, 9.17) is 9.47 Å². The summed E-state index contributed by atoms with van der Waals surface area (Å²) in [5.41, 5.74) is 1.24. The molecule has 2 fully saturated rings. The van der Waals surface area contributed by atoms with E-state index >= 15 is 0 Å². The van der Waals surface area contributed by atoms with Crippen LogP contribution in [-0.4, -0.2) is 50.6 Å². The molecule has 0 bridgehead atoms. The molecule has 2 unspecified atom stereocenters. The fraction of sp³-hybridized carbons (Fsp3) is 0.417. The fourth-order valence-electron chi connectivity index (χ4n) is 4.15. The van der Waals surface area contributed by atoms with Gasteiger partial charge >= 0.3 is 0 Å². The fourth-order valence-corrected chi connectivity index (χ4v) is 4.15. The van der Waals surface area contributed by atoms with E-state index < -0.39 is 11.7 Å². The van der Waals surface area contributed by atoms with Gasteiger partial charge in [0.1, 0.15) is 17.3 Å². The normalized spacial score (nSPS) is 20.4. The van der Waals surface area contributed by atoms with E-state index in [-0.39, 0.29) is 24.3 Å². The maximum atomic E-state index is 13.3. The van der Waals surface area contributed by atoms with Crippen molar-refractivity contribution >= 4 is 11.8 Å². The van der Waals surface area contributed by atoms with E-state index in [1.165, 1.54) is 24.3 Å². The Labute approximate surface area is 181 Å². The van der Waals surface area contributed by atoms with Crippen molar-refractivity contribution in [2.24, 2.45) is 11.8 Å². The molecule has 2 aromatic rings. The van der Waals surface area contributed by atoms with Crippen molar-refractivity contribution in [1.29, 1.82) is 0 Å². The minimum Gasteiger partial charge on any atom is -0.497 e. The summed E-state index contributed by atoms with van der Waals surface area (Å²) in [7, 11) is 3.17. The van der Waals surface area contributed by atoms with E-state index in [2.05, 4.69) is 5.32 Å². The van der Waals surface area contributed by atoms with E-state index in [1.807, 2.05) is 12.1 Å². The van der Waals surface area contributed by atoms with Gasteiger partial charge in [-0.2, -0.15) is 0 Å². The van der Waals surface area contributed by atoms with Crippen LogP contribution < -0.4 is 14.8 Å². The van der Waals surface area contributed by atoms with Gasteiger partial charge in [0, 0.05) is 36.7 Å². The highest BCUT2D eigenvalue weighted by Gasteiger charge is 2.42. The van der Waals surface area contributed by atoms with Gasteiger partial charge in [-0.1, -0.05) is 0 Å². The molecule has 164 valence electrons. The van der Waals surface area contributed by atoms with Crippen LogP contribution in [0.1, 0.15) is 34.7 Å². The van der Waals surface area contributed by atoms with Gasteiger partial charge in [-0.15, -0.1) is 0 Å². The zero-order chi connectivity index (χ0) is 22.0. The van der Waals surface area contributed by atoms with Gasteiger partial charge in [-0.25, -0.2) is 4.39 Å². The monoisotopic (exact) mass is 426 g/mol. The average Bonchev–Trinajstić information content (AvgIpc) is 3.52. The first kappa shape index (κ1) is 21.2. The summed E-state index contributed by atoms with van der Waals surface area (Å²) in [5, 5.41) is 3.06. The third-order valence-corrected chi connectivity index (χ3v) is 6.13. The number of rotatable bonds is 7. The van der Waals surface area contributed by atoms with Gasteiger partial charge in [0.05, 0.1) is 20.1 Å². The molecule has 1 N–H and O–H groups in total. The molecule has 1 aliphatic carbocycles. The molecule has 4 rings (SSSR count). The molecular weight excluding hydrogens is 399 g/mol. The first-order valence-corrected chi connectivity index (χ1v) is 10.5. The van der Waals surface area contributed by atoms with Gasteiger partial charge in [-0.3, -0.25) is 9.59 Å². The molecule has 1 aliphatic heterocycles. The van der Waals surface area contributed by atoms with Gasteiger partial charge in [-0.05, 0) is 61.2 Å². The van der Waals surface area contributed by atoms with Crippen molar-refractivity contribution < 1.29 is 23.5 Å². The van der Waals surface area contributed by atoms with Gasteiger partial charge in [0.2, 0.25) is 5.91 Å². The Morgan fingerprint density at radius 1 is 1.06 bits per heavy atom. The molecule has 1 saturated carbocycles. The summed E-state index contributed by atoms with van der Waals surface area (Å²) >= 11 is 0. The topological polar surface area (TPSA) is 67.9 Å². The second kappa shape index (κ2) is 8.96. The van der Waals surface area contributed by atoms with Crippen molar-refractivity contribution in [2.75, 3.05) is 33.9 Å². The van der Waals surface area contributed by atoms with Crippen LogP contribution in [0.25, 0.3) is 0 Å². The lowest BCUT2D eigenvalue weighted by Crippen LogP contribution is -2.36. The minimum atomic E-state index is -0.413. The second-order valence-corrected chi connectivity index (χ2v) is 8.23. The molecule has 0 radical (unpaired) electrons. The lowest BCUT2D eigenvalue weighted by atomic mass is 9.87. The quantitative estimate of drug-likeness (QED) is 0.738. The highest BCUT2D eigenvalue weighted by atomic mass is 19.1. The van der Waals surface area contributed by atoms with Crippen LogP contribution in [0.5, 0.6) is 11.5 Å². The molecule has 2 amide bonds. The number of hydrogen-bond donors (Lipinski definition) is 1. The Morgan fingerprint density at radius 3 is 2.45 bits per heavy atom. The van der Waals surface area contributed by atoms with Crippen molar-refractivity contribution in [3.63, 3.8) is 0 Å². The van der Waals surface area contributed by atoms with E-state index in [0.29, 0.717) is 36.1 Å². The lowest BCUT2D eigenvalue weighted by Gasteiger charge is -2.21. The molecule has 2 aromatic carbocycles. The number of benzene rings is 2. The van der Waals surface area contributed by atoms with Crippen LogP contribution in [-0.2, 0) is 4.79 Å². The number of likely N-dealkylation sites (tertiary alicyclic amines) is 1. The van der Waals surface area contributed by atoms with Crippen LogP contribution in [0.3, 0.4) is 0 Å². The SMILES string of the molecule is COc1ccc(OC)c(C2CN(C(=O)c3ccc(F)cc3)CC2C(=O)NCC2CC2)c1. The van der Waals surface area contributed by atoms with E-state index in [9.17, 15) is 14.0 Å². The highest BCUT2D eigenvalue weighted by Crippen LogP contribution is 2.40. The Bertz CT molecular complexity index is 959. The molecule has 2 atom stereocenters. The molecule has 6 nitrogen and oxygen atoms in total. The third kappa shape index (κ3) is 4.65. The summed E-state index contributed by atoms with van der Waals surface area (Å²) < 4.78 is 24.2. The van der Waals surface area contributed by atoms with Crippen LogP contribution in [0.4, 0.5) is 4.39 Å². The number of halogens is 1. The Balaban J connectivity index is 1.62. The first-order chi connectivity index (χ1) is 15.0. The maximum Gasteiger partial charge on any atom is 0.253 e. The van der Waals surface area contributed by atoms with Crippen molar-refractivity contribution in [1.82, 2.24) is 10.2 Å².